The average Bonchev–Trinajstić information content (AvgIpc) is 2.53. The average molecular weight is 291 g/mol. The quantitative estimate of drug-likeness (QED) is 0.755. The van der Waals surface area contributed by atoms with Crippen molar-refractivity contribution in [2.24, 2.45) is 0 Å². The van der Waals surface area contributed by atoms with Crippen molar-refractivity contribution in [3.05, 3.63) is 24.3 Å². The number of fused-ring (bicyclic) bond motifs is 1. The molecule has 1 aliphatic heterocycles. The van der Waals surface area contributed by atoms with E-state index >= 15 is 0 Å². The number of likely N-dealkylation sites (N-methyl/N-ethyl adjacent to an activating group) is 2. The molecule has 0 fully saturated rings. The van der Waals surface area contributed by atoms with Crippen LogP contribution in [0.2, 0.25) is 0 Å². The molecule has 118 valence electrons. The summed E-state index contributed by atoms with van der Waals surface area (Å²) in [5.41, 5.74) is 2.55. The van der Waals surface area contributed by atoms with Crippen LogP contribution in [0.3, 0.4) is 0 Å². The van der Waals surface area contributed by atoms with E-state index in [0.29, 0.717) is 0 Å². The number of aliphatic hydroxyl groups is 1. The first kappa shape index (κ1) is 16.1. The van der Waals surface area contributed by atoms with Crippen LogP contribution in [0.5, 0.6) is 0 Å². The molecule has 0 saturated carbocycles. The molecule has 1 aromatic carbocycles. The smallest absolute Gasteiger partial charge is 0.0610 e. The van der Waals surface area contributed by atoms with Crippen LogP contribution in [0.1, 0.15) is 26.2 Å². The molecule has 1 atom stereocenters. The molecule has 1 aromatic rings. The zero-order valence-corrected chi connectivity index (χ0v) is 13.6. The van der Waals surface area contributed by atoms with Gasteiger partial charge in [0.05, 0.1) is 18.0 Å². The van der Waals surface area contributed by atoms with Gasteiger partial charge >= 0.3 is 0 Å². The van der Waals surface area contributed by atoms with Gasteiger partial charge in [0.1, 0.15) is 0 Å². The summed E-state index contributed by atoms with van der Waals surface area (Å²) >= 11 is 0. The minimum atomic E-state index is -0.139. The first-order chi connectivity index (χ1) is 10.1. The molecule has 21 heavy (non-hydrogen) atoms. The molecule has 4 nitrogen and oxygen atoms in total. The van der Waals surface area contributed by atoms with Crippen molar-refractivity contribution in [3.63, 3.8) is 0 Å². The van der Waals surface area contributed by atoms with E-state index in [1.807, 2.05) is 7.05 Å². The maximum absolute atomic E-state index is 9.41. The van der Waals surface area contributed by atoms with Crippen molar-refractivity contribution < 1.29 is 5.11 Å². The SMILES string of the molecule is CNC(C)(CO)CCCCN1CCN(C)c2ccccc21. The molecular formula is C17H29N3O. The van der Waals surface area contributed by atoms with E-state index in [1.54, 1.807) is 0 Å². The zero-order valence-electron chi connectivity index (χ0n) is 13.6. The molecule has 2 rings (SSSR count). The second-order valence-electron chi connectivity index (χ2n) is 6.32. The molecule has 0 radical (unpaired) electrons. The monoisotopic (exact) mass is 291 g/mol. The highest BCUT2D eigenvalue weighted by Gasteiger charge is 2.21. The van der Waals surface area contributed by atoms with E-state index in [2.05, 4.69) is 53.4 Å². The number of hydrogen-bond donors (Lipinski definition) is 2. The predicted octanol–water partition coefficient (Wildman–Crippen LogP) is 2.08. The van der Waals surface area contributed by atoms with Crippen molar-refractivity contribution >= 4 is 11.4 Å². The van der Waals surface area contributed by atoms with Crippen molar-refractivity contribution in [1.29, 1.82) is 0 Å². The molecule has 2 N–H and O–H groups in total. The summed E-state index contributed by atoms with van der Waals surface area (Å²) < 4.78 is 0. The highest BCUT2D eigenvalue weighted by Crippen LogP contribution is 2.31. The summed E-state index contributed by atoms with van der Waals surface area (Å²) in [4.78, 5) is 4.82. The topological polar surface area (TPSA) is 38.7 Å². The van der Waals surface area contributed by atoms with Gasteiger partial charge in [-0.15, -0.1) is 0 Å². The molecule has 0 aromatic heterocycles. The third-order valence-electron chi connectivity index (χ3n) is 4.70. The van der Waals surface area contributed by atoms with Gasteiger partial charge in [-0.05, 0) is 45.4 Å². The van der Waals surface area contributed by atoms with Crippen molar-refractivity contribution in [1.82, 2.24) is 5.32 Å². The van der Waals surface area contributed by atoms with Gasteiger partial charge in [0.2, 0.25) is 0 Å². The Hall–Kier alpha value is -1.26. The normalized spacial score (nSPS) is 17.5. The lowest BCUT2D eigenvalue weighted by atomic mass is 9.96. The Balaban J connectivity index is 1.86. The van der Waals surface area contributed by atoms with Crippen LogP contribution in [-0.4, -0.2) is 51.0 Å². The van der Waals surface area contributed by atoms with Crippen molar-refractivity contribution in [3.8, 4) is 0 Å². The first-order valence-electron chi connectivity index (χ1n) is 7.94. The second-order valence-corrected chi connectivity index (χ2v) is 6.32. The Kier molecular flexibility index (Phi) is 5.48. The van der Waals surface area contributed by atoms with E-state index in [9.17, 15) is 5.11 Å². The summed E-state index contributed by atoms with van der Waals surface area (Å²) in [6, 6.07) is 8.65. The molecule has 0 aliphatic carbocycles. The molecule has 0 bridgehead atoms. The summed E-state index contributed by atoms with van der Waals surface area (Å²) in [6.45, 7) is 5.55. The van der Waals surface area contributed by atoms with E-state index < -0.39 is 0 Å². The molecular weight excluding hydrogens is 262 g/mol. The molecule has 1 aliphatic rings. The number of hydrogen-bond acceptors (Lipinski definition) is 4. The third-order valence-corrected chi connectivity index (χ3v) is 4.70. The van der Waals surface area contributed by atoms with Crippen LogP contribution in [0.15, 0.2) is 24.3 Å². The molecule has 1 heterocycles. The summed E-state index contributed by atoms with van der Waals surface area (Å²) in [7, 11) is 4.09. The van der Waals surface area contributed by atoms with Crippen LogP contribution < -0.4 is 15.1 Å². The van der Waals surface area contributed by atoms with Gasteiger partial charge in [0.15, 0.2) is 0 Å². The standard InChI is InChI=1S/C17H29N3O/c1-17(14-21,18-2)10-6-7-11-20-13-12-19(3)15-8-4-5-9-16(15)20/h4-5,8-9,18,21H,6-7,10-14H2,1-3H3. The minimum absolute atomic E-state index is 0.139. The van der Waals surface area contributed by atoms with E-state index in [1.165, 1.54) is 11.4 Å². The van der Waals surface area contributed by atoms with Gasteiger partial charge in [-0.3, -0.25) is 0 Å². The Morgan fingerprint density at radius 2 is 1.90 bits per heavy atom. The van der Waals surface area contributed by atoms with Crippen LogP contribution in [-0.2, 0) is 0 Å². The fourth-order valence-electron chi connectivity index (χ4n) is 2.90. The molecule has 4 heteroatoms. The zero-order chi connectivity index (χ0) is 15.3. The Bertz CT molecular complexity index is 445. The number of nitrogens with zero attached hydrogens (tertiary/aromatic N) is 2. The maximum Gasteiger partial charge on any atom is 0.0610 e. The van der Waals surface area contributed by atoms with Crippen LogP contribution >= 0.6 is 0 Å². The summed E-state index contributed by atoms with van der Waals surface area (Å²) in [5, 5.41) is 12.6. The van der Waals surface area contributed by atoms with Crippen molar-refractivity contribution in [2.75, 3.05) is 50.1 Å². The lowest BCUT2D eigenvalue weighted by molar-refractivity contribution is 0.171. The predicted molar refractivity (Wildman–Crippen MR) is 90.3 cm³/mol. The van der Waals surface area contributed by atoms with Crippen LogP contribution in [0, 0.1) is 0 Å². The molecule has 0 saturated heterocycles. The Morgan fingerprint density at radius 3 is 2.57 bits per heavy atom. The number of para-hydroxylation sites is 2. The highest BCUT2D eigenvalue weighted by molar-refractivity contribution is 5.72. The number of aliphatic hydroxyl groups excluding tert-OH is 1. The lowest BCUT2D eigenvalue weighted by Crippen LogP contribution is -2.43. The fraction of sp³-hybridized carbons (Fsp3) is 0.647. The van der Waals surface area contributed by atoms with E-state index in [0.717, 1.165) is 38.9 Å². The van der Waals surface area contributed by atoms with E-state index in [4.69, 9.17) is 0 Å². The Morgan fingerprint density at radius 1 is 1.19 bits per heavy atom. The fourth-order valence-corrected chi connectivity index (χ4v) is 2.90. The van der Waals surface area contributed by atoms with Gasteiger partial charge in [0.25, 0.3) is 0 Å². The second kappa shape index (κ2) is 7.14. The third kappa shape index (κ3) is 3.89. The van der Waals surface area contributed by atoms with E-state index in [-0.39, 0.29) is 12.1 Å². The van der Waals surface area contributed by atoms with Gasteiger partial charge in [-0.1, -0.05) is 12.1 Å². The van der Waals surface area contributed by atoms with Crippen LogP contribution in [0.25, 0.3) is 0 Å². The van der Waals surface area contributed by atoms with Gasteiger partial charge in [-0.2, -0.15) is 0 Å². The summed E-state index contributed by atoms with van der Waals surface area (Å²) in [5.74, 6) is 0. The number of unbranched alkanes of at least 4 members (excludes halogenated alkanes) is 1. The van der Waals surface area contributed by atoms with Gasteiger partial charge < -0.3 is 20.2 Å². The van der Waals surface area contributed by atoms with Gasteiger partial charge in [-0.25, -0.2) is 0 Å². The minimum Gasteiger partial charge on any atom is -0.394 e. The number of benzene rings is 1. The summed E-state index contributed by atoms with van der Waals surface area (Å²) in [6.07, 6.45) is 3.30. The van der Waals surface area contributed by atoms with Gasteiger partial charge in [0, 0.05) is 32.2 Å². The lowest BCUT2D eigenvalue weighted by Gasteiger charge is -2.37. The maximum atomic E-state index is 9.41. The Labute approximate surface area is 128 Å². The first-order valence-corrected chi connectivity index (χ1v) is 7.94. The molecule has 0 amide bonds. The number of nitrogens with one attached hydrogen (secondary N) is 1. The largest absolute Gasteiger partial charge is 0.394 e. The molecule has 0 spiro atoms. The van der Waals surface area contributed by atoms with Crippen LogP contribution in [0.4, 0.5) is 11.4 Å². The molecule has 1 unspecified atom stereocenters. The number of rotatable bonds is 7. The number of anilines is 2. The van der Waals surface area contributed by atoms with Crippen molar-refractivity contribution in [2.45, 2.75) is 31.7 Å². The highest BCUT2D eigenvalue weighted by atomic mass is 16.3.